The van der Waals surface area contributed by atoms with Crippen LogP contribution in [0.5, 0.6) is 0 Å². The largest absolute Gasteiger partial charge is 0.251 e. The third kappa shape index (κ3) is 1.70. The summed E-state index contributed by atoms with van der Waals surface area (Å²) in [4.78, 5) is 4.20. The molecule has 13 heavy (non-hydrogen) atoms. The summed E-state index contributed by atoms with van der Waals surface area (Å²) in [6, 6.07) is 6.24. The average Bonchev–Trinajstić information content (AvgIpc) is 2.67. The molecule has 0 radical (unpaired) electrons. The molecule has 4 heteroatoms. The molecule has 0 saturated heterocycles. The second kappa shape index (κ2) is 3.58. The Morgan fingerprint density at radius 3 is 3.00 bits per heavy atom. The fourth-order valence-electron chi connectivity index (χ4n) is 1.11. The number of pyridine rings is 1. The maximum Gasteiger partial charge on any atom is 0.251 e. The Balaban J connectivity index is 2.36. The lowest BCUT2D eigenvalue weighted by Gasteiger charge is -1.91. The van der Waals surface area contributed by atoms with Crippen LogP contribution in [0.15, 0.2) is 43.1 Å². The third-order valence-corrected chi connectivity index (χ3v) is 2.02. The second-order valence-electron chi connectivity index (χ2n) is 2.64. The number of hydrogen-bond donors (Lipinski definition) is 0. The molecule has 66 valence electrons. The van der Waals surface area contributed by atoms with Crippen molar-refractivity contribution in [3.63, 3.8) is 0 Å². The molecule has 0 N–H and O–H groups in total. The van der Waals surface area contributed by atoms with Crippen LogP contribution >= 0.6 is 11.6 Å². The summed E-state index contributed by atoms with van der Waals surface area (Å²) >= 11 is 5.66. The van der Waals surface area contributed by atoms with E-state index in [1.165, 1.54) is 0 Å². The van der Waals surface area contributed by atoms with Crippen molar-refractivity contribution in [2.75, 3.05) is 0 Å². The van der Waals surface area contributed by atoms with Gasteiger partial charge in [-0.1, -0.05) is 17.7 Å². The van der Waals surface area contributed by atoms with E-state index in [0.29, 0.717) is 6.00 Å². The van der Waals surface area contributed by atoms with Gasteiger partial charge in [0.1, 0.15) is 12.4 Å². The average molecular weight is 195 g/mol. The van der Waals surface area contributed by atoms with E-state index in [2.05, 4.69) is 4.98 Å². The first kappa shape index (κ1) is 8.26. The van der Waals surface area contributed by atoms with Gasteiger partial charge < -0.3 is 0 Å². The summed E-state index contributed by atoms with van der Waals surface area (Å²) in [5.41, 5.74) is 0. The lowest BCUT2D eigenvalue weighted by molar-refractivity contribution is -0.677. The molecule has 0 atom stereocenters. The minimum absolute atomic E-state index is 0.458. The maximum atomic E-state index is 5.66. The SMILES string of the molecule is ClC[n+]1ccn(-c2ccccn2)c1. The van der Waals surface area contributed by atoms with Crippen LogP contribution in [0.4, 0.5) is 0 Å². The van der Waals surface area contributed by atoms with Crippen LogP contribution in [0.2, 0.25) is 0 Å². The molecule has 0 bridgehead atoms. The van der Waals surface area contributed by atoms with Crippen molar-refractivity contribution < 1.29 is 4.57 Å². The quantitative estimate of drug-likeness (QED) is 0.523. The van der Waals surface area contributed by atoms with Crippen LogP contribution in [0.3, 0.4) is 0 Å². The highest BCUT2D eigenvalue weighted by atomic mass is 35.5. The van der Waals surface area contributed by atoms with Gasteiger partial charge in [0.05, 0.1) is 0 Å². The fraction of sp³-hybridized carbons (Fsp3) is 0.111. The number of hydrogen-bond acceptors (Lipinski definition) is 1. The highest BCUT2D eigenvalue weighted by molar-refractivity contribution is 6.14. The molecule has 0 aromatic carbocycles. The predicted octanol–water partition coefficient (Wildman–Crippen LogP) is 1.36. The van der Waals surface area contributed by atoms with Crippen molar-refractivity contribution >= 4 is 11.6 Å². The van der Waals surface area contributed by atoms with Crippen LogP contribution < -0.4 is 4.57 Å². The Labute approximate surface area is 81.2 Å². The number of rotatable bonds is 2. The third-order valence-electron chi connectivity index (χ3n) is 1.74. The lowest BCUT2D eigenvalue weighted by atomic mass is 10.5. The van der Waals surface area contributed by atoms with Gasteiger partial charge in [0.2, 0.25) is 5.82 Å². The first-order valence-electron chi connectivity index (χ1n) is 3.94. The maximum absolute atomic E-state index is 5.66. The van der Waals surface area contributed by atoms with E-state index in [9.17, 15) is 0 Å². The molecule has 3 nitrogen and oxygen atoms in total. The van der Waals surface area contributed by atoms with Gasteiger partial charge in [0.15, 0.2) is 6.00 Å². The summed E-state index contributed by atoms with van der Waals surface area (Å²) in [6.45, 7) is 0. The molecule has 0 aliphatic rings. The van der Waals surface area contributed by atoms with E-state index in [0.717, 1.165) is 5.82 Å². The molecule has 2 aromatic rings. The standard InChI is InChI=1S/C9H9ClN3/c10-7-12-5-6-13(8-12)9-3-1-2-4-11-9/h1-6,8H,7H2/q+1. The monoisotopic (exact) mass is 194 g/mol. The lowest BCUT2D eigenvalue weighted by Crippen LogP contribution is -2.27. The Morgan fingerprint density at radius 2 is 2.38 bits per heavy atom. The van der Waals surface area contributed by atoms with Gasteiger partial charge in [-0.15, -0.1) is 0 Å². The summed E-state index contributed by atoms with van der Waals surface area (Å²) in [6.07, 6.45) is 7.49. The topological polar surface area (TPSA) is 21.7 Å². The summed E-state index contributed by atoms with van der Waals surface area (Å²) in [7, 11) is 0. The molecule has 2 heterocycles. The second-order valence-corrected chi connectivity index (χ2v) is 2.88. The number of aromatic nitrogens is 3. The predicted molar refractivity (Wildman–Crippen MR) is 49.6 cm³/mol. The van der Waals surface area contributed by atoms with Gasteiger partial charge >= 0.3 is 0 Å². The normalized spacial score (nSPS) is 10.2. The molecule has 0 unspecified atom stereocenters. The number of halogens is 1. The molecule has 0 fully saturated rings. The smallest absolute Gasteiger partial charge is 0.223 e. The van der Waals surface area contributed by atoms with Gasteiger partial charge in [-0.25, -0.2) is 9.55 Å². The van der Waals surface area contributed by atoms with E-state index < -0.39 is 0 Å². The van der Waals surface area contributed by atoms with Gasteiger partial charge in [0, 0.05) is 12.3 Å². The van der Waals surface area contributed by atoms with Gasteiger partial charge in [0.25, 0.3) is 6.33 Å². The van der Waals surface area contributed by atoms with Crippen molar-refractivity contribution in [2.24, 2.45) is 0 Å². The van der Waals surface area contributed by atoms with Crippen LogP contribution in [-0.4, -0.2) is 9.55 Å². The number of alkyl halides is 1. The molecule has 0 saturated carbocycles. The van der Waals surface area contributed by atoms with Crippen LogP contribution in [-0.2, 0) is 6.00 Å². The molecule has 2 rings (SSSR count). The molecular formula is C9H9ClN3+. The van der Waals surface area contributed by atoms with Gasteiger partial charge in [-0.2, -0.15) is 4.57 Å². The molecule has 0 spiro atoms. The van der Waals surface area contributed by atoms with Crippen molar-refractivity contribution in [2.45, 2.75) is 6.00 Å². The number of imidazole rings is 1. The molecule has 2 aromatic heterocycles. The van der Waals surface area contributed by atoms with Crippen molar-refractivity contribution in [3.8, 4) is 5.82 Å². The van der Waals surface area contributed by atoms with Crippen molar-refractivity contribution in [3.05, 3.63) is 43.1 Å². The molecule has 0 amide bonds. The Kier molecular flexibility index (Phi) is 2.27. The van der Waals surface area contributed by atoms with E-state index in [-0.39, 0.29) is 0 Å². The van der Waals surface area contributed by atoms with Crippen LogP contribution in [0.25, 0.3) is 5.82 Å². The van der Waals surface area contributed by atoms with E-state index in [1.807, 2.05) is 46.1 Å². The summed E-state index contributed by atoms with van der Waals surface area (Å²) in [5, 5.41) is 0. The van der Waals surface area contributed by atoms with E-state index in [4.69, 9.17) is 11.6 Å². The zero-order chi connectivity index (χ0) is 9.10. The minimum atomic E-state index is 0.458. The van der Waals surface area contributed by atoms with E-state index >= 15 is 0 Å². The number of nitrogens with zero attached hydrogens (tertiary/aromatic N) is 3. The van der Waals surface area contributed by atoms with Gasteiger partial charge in [-0.3, -0.25) is 0 Å². The summed E-state index contributed by atoms with van der Waals surface area (Å²) in [5.74, 6) is 0.895. The van der Waals surface area contributed by atoms with Crippen molar-refractivity contribution in [1.29, 1.82) is 0 Å². The zero-order valence-corrected chi connectivity index (χ0v) is 7.72. The Hall–Kier alpha value is -1.35. The summed E-state index contributed by atoms with van der Waals surface area (Å²) < 4.78 is 3.79. The highest BCUT2D eigenvalue weighted by Crippen LogP contribution is 1.99. The first-order chi connectivity index (χ1) is 6.40. The highest BCUT2D eigenvalue weighted by Gasteiger charge is 2.04. The first-order valence-corrected chi connectivity index (χ1v) is 4.48. The minimum Gasteiger partial charge on any atom is -0.223 e. The Bertz CT molecular complexity index is 383. The zero-order valence-electron chi connectivity index (χ0n) is 6.97. The van der Waals surface area contributed by atoms with Crippen LogP contribution in [0.1, 0.15) is 0 Å². The van der Waals surface area contributed by atoms with Gasteiger partial charge in [-0.05, 0) is 6.07 Å². The van der Waals surface area contributed by atoms with Crippen molar-refractivity contribution in [1.82, 2.24) is 9.55 Å². The van der Waals surface area contributed by atoms with E-state index in [1.54, 1.807) is 6.20 Å². The molecule has 0 aliphatic heterocycles. The molecular weight excluding hydrogens is 186 g/mol. The van der Waals surface area contributed by atoms with Crippen LogP contribution in [0, 0.1) is 0 Å². The Morgan fingerprint density at radius 1 is 1.46 bits per heavy atom. The fourth-order valence-corrected chi connectivity index (χ4v) is 1.25. The molecule has 0 aliphatic carbocycles.